The first kappa shape index (κ1) is 14.6. The summed E-state index contributed by atoms with van der Waals surface area (Å²) in [6, 6.07) is -0.245. The molecule has 0 aliphatic carbocycles. The molecule has 0 bridgehead atoms. The van der Waals surface area contributed by atoms with E-state index in [9.17, 15) is 4.79 Å². The van der Waals surface area contributed by atoms with Gasteiger partial charge in [-0.3, -0.25) is 4.79 Å². The van der Waals surface area contributed by atoms with Crippen LogP contribution >= 0.6 is 12.2 Å². The van der Waals surface area contributed by atoms with Crippen molar-refractivity contribution < 1.29 is 4.79 Å². The normalized spacial score (nSPS) is 15.8. The van der Waals surface area contributed by atoms with E-state index in [1.807, 2.05) is 20.9 Å². The molecule has 0 spiro atoms. The maximum Gasteiger partial charge on any atom is 0.233 e. The van der Waals surface area contributed by atoms with Gasteiger partial charge in [-0.2, -0.15) is 0 Å². The van der Waals surface area contributed by atoms with Gasteiger partial charge in [0, 0.05) is 7.05 Å². The Labute approximate surface area is 112 Å². The fraction of sp³-hybridized carbons (Fsp3) is 0.636. The number of hydrogen-bond acceptors (Lipinski definition) is 4. The van der Waals surface area contributed by atoms with Crippen molar-refractivity contribution in [1.29, 1.82) is 0 Å². The molecule has 0 radical (unpaired) electrons. The number of carbonyl (C=O) groups excluding carboxylic acids is 1. The van der Waals surface area contributed by atoms with Crippen LogP contribution in [0.4, 0.5) is 0 Å². The Morgan fingerprint density at radius 3 is 2.72 bits per heavy atom. The number of hydrogen-bond donors (Lipinski definition) is 2. The number of aryl methyl sites for hydroxylation is 1. The van der Waals surface area contributed by atoms with E-state index in [4.69, 9.17) is 18.0 Å². The highest BCUT2D eigenvalue weighted by Gasteiger charge is 2.35. The molecule has 2 unspecified atom stereocenters. The van der Waals surface area contributed by atoms with Crippen LogP contribution in [0.1, 0.15) is 39.1 Å². The van der Waals surface area contributed by atoms with E-state index >= 15 is 0 Å². The Morgan fingerprint density at radius 2 is 2.33 bits per heavy atom. The maximum atomic E-state index is 12.2. The third-order valence-electron chi connectivity index (χ3n) is 3.23. The van der Waals surface area contributed by atoms with Gasteiger partial charge < -0.3 is 15.6 Å². The Kier molecular flexibility index (Phi) is 4.39. The molecule has 1 aromatic rings. The predicted octanol–water partition coefficient (Wildman–Crippen LogP) is 0.695. The van der Waals surface area contributed by atoms with E-state index in [-0.39, 0.29) is 16.9 Å². The fourth-order valence-electron chi connectivity index (χ4n) is 1.55. The molecule has 100 valence electrons. The van der Waals surface area contributed by atoms with Gasteiger partial charge in [0.1, 0.15) is 6.33 Å². The third-order valence-corrected chi connectivity index (χ3v) is 3.68. The number of carbonyl (C=O) groups is 1. The summed E-state index contributed by atoms with van der Waals surface area (Å²) in [6.45, 7) is 5.47. The molecule has 2 atom stereocenters. The Morgan fingerprint density at radius 1 is 1.72 bits per heavy atom. The van der Waals surface area contributed by atoms with Crippen molar-refractivity contribution in [1.82, 2.24) is 20.1 Å². The summed E-state index contributed by atoms with van der Waals surface area (Å²) >= 11 is 4.97. The number of thiocarbonyl (C=S) groups is 1. The molecule has 0 aromatic carbocycles. The Bertz CT molecular complexity index is 458. The lowest BCUT2D eigenvalue weighted by atomic mass is 9.86. The monoisotopic (exact) mass is 269 g/mol. The van der Waals surface area contributed by atoms with Crippen LogP contribution in [0, 0.1) is 5.41 Å². The zero-order valence-electron chi connectivity index (χ0n) is 11.1. The SMILES string of the molecule is CCC(C)(C(=O)NC(C)c1nncn1C)C(N)=S. The van der Waals surface area contributed by atoms with Crippen molar-refractivity contribution in [2.75, 3.05) is 0 Å². The lowest BCUT2D eigenvalue weighted by Gasteiger charge is -2.27. The number of nitrogens with two attached hydrogens (primary N) is 1. The molecule has 0 aliphatic heterocycles. The molecule has 18 heavy (non-hydrogen) atoms. The molecule has 3 N–H and O–H groups in total. The molecule has 0 saturated heterocycles. The van der Waals surface area contributed by atoms with Gasteiger partial charge in [0.15, 0.2) is 5.82 Å². The molecule has 0 saturated carbocycles. The minimum absolute atomic E-state index is 0.187. The number of nitrogens with one attached hydrogen (secondary N) is 1. The molecule has 6 nitrogen and oxygen atoms in total. The maximum absolute atomic E-state index is 12.2. The van der Waals surface area contributed by atoms with Crippen LogP contribution in [0.15, 0.2) is 6.33 Å². The molecule has 1 heterocycles. The van der Waals surface area contributed by atoms with Gasteiger partial charge in [0.05, 0.1) is 16.4 Å². The van der Waals surface area contributed by atoms with Crippen molar-refractivity contribution >= 4 is 23.1 Å². The molecule has 1 aromatic heterocycles. The number of aromatic nitrogens is 3. The highest BCUT2D eigenvalue weighted by Crippen LogP contribution is 2.23. The van der Waals surface area contributed by atoms with Crippen LogP contribution in [-0.4, -0.2) is 25.7 Å². The summed E-state index contributed by atoms with van der Waals surface area (Å²) in [7, 11) is 1.82. The first-order valence-electron chi connectivity index (χ1n) is 5.77. The van der Waals surface area contributed by atoms with E-state index in [1.54, 1.807) is 17.8 Å². The largest absolute Gasteiger partial charge is 0.392 e. The van der Waals surface area contributed by atoms with Gasteiger partial charge in [-0.15, -0.1) is 10.2 Å². The predicted molar refractivity (Wildman–Crippen MR) is 72.7 cm³/mol. The summed E-state index contributed by atoms with van der Waals surface area (Å²) in [5, 5.41) is 10.6. The van der Waals surface area contributed by atoms with Crippen molar-refractivity contribution in [3.8, 4) is 0 Å². The van der Waals surface area contributed by atoms with E-state index in [1.165, 1.54) is 0 Å². The van der Waals surface area contributed by atoms with Gasteiger partial charge in [-0.25, -0.2) is 0 Å². The average molecular weight is 269 g/mol. The zero-order chi connectivity index (χ0) is 13.9. The number of nitrogens with zero attached hydrogens (tertiary/aromatic N) is 3. The van der Waals surface area contributed by atoms with Gasteiger partial charge in [0.25, 0.3) is 0 Å². The molecule has 7 heteroatoms. The van der Waals surface area contributed by atoms with Crippen molar-refractivity contribution in [3.05, 3.63) is 12.2 Å². The lowest BCUT2D eigenvalue weighted by molar-refractivity contribution is -0.127. The zero-order valence-corrected chi connectivity index (χ0v) is 11.9. The highest BCUT2D eigenvalue weighted by molar-refractivity contribution is 7.80. The Balaban J connectivity index is 2.82. The van der Waals surface area contributed by atoms with Gasteiger partial charge in [0.2, 0.25) is 5.91 Å². The summed E-state index contributed by atoms with van der Waals surface area (Å²) < 4.78 is 1.76. The number of rotatable bonds is 5. The van der Waals surface area contributed by atoms with Crippen LogP contribution in [0.3, 0.4) is 0 Å². The van der Waals surface area contributed by atoms with Crippen LogP contribution < -0.4 is 11.1 Å². The molecule has 0 aliphatic rings. The second-order valence-corrected chi connectivity index (χ2v) is 4.98. The summed E-state index contributed by atoms with van der Waals surface area (Å²) in [5.41, 5.74) is 4.81. The first-order valence-corrected chi connectivity index (χ1v) is 6.18. The topological polar surface area (TPSA) is 85.8 Å². The minimum atomic E-state index is -0.831. The molecule has 0 fully saturated rings. The molecule has 1 amide bonds. The van der Waals surface area contributed by atoms with Gasteiger partial charge >= 0.3 is 0 Å². The van der Waals surface area contributed by atoms with Crippen molar-refractivity contribution in [3.63, 3.8) is 0 Å². The first-order chi connectivity index (χ1) is 8.32. The van der Waals surface area contributed by atoms with E-state index in [0.29, 0.717) is 12.2 Å². The summed E-state index contributed by atoms with van der Waals surface area (Å²) in [4.78, 5) is 12.4. The fourth-order valence-corrected chi connectivity index (χ4v) is 1.79. The van der Waals surface area contributed by atoms with Crippen LogP contribution in [0.5, 0.6) is 0 Å². The number of amides is 1. The second kappa shape index (κ2) is 5.43. The average Bonchev–Trinajstić information content (AvgIpc) is 2.73. The summed E-state index contributed by atoms with van der Waals surface area (Å²) in [6.07, 6.45) is 2.14. The molecular weight excluding hydrogens is 250 g/mol. The molecular formula is C11H19N5OS. The highest BCUT2D eigenvalue weighted by atomic mass is 32.1. The smallest absolute Gasteiger partial charge is 0.233 e. The summed E-state index contributed by atoms with van der Waals surface area (Å²) in [5.74, 6) is 0.498. The standard InChI is InChI=1S/C11H19N5OS/c1-5-11(3,9(12)18)10(17)14-7(2)8-15-13-6-16(8)4/h6-7H,5H2,1-4H3,(H2,12,18)(H,14,17). The Hall–Kier alpha value is -1.50. The van der Waals surface area contributed by atoms with Crippen molar-refractivity contribution in [2.45, 2.75) is 33.2 Å². The van der Waals surface area contributed by atoms with E-state index in [0.717, 1.165) is 0 Å². The van der Waals surface area contributed by atoms with Crippen LogP contribution in [-0.2, 0) is 11.8 Å². The lowest BCUT2D eigenvalue weighted by Crippen LogP contribution is -2.47. The second-order valence-electron chi connectivity index (χ2n) is 4.55. The van der Waals surface area contributed by atoms with Gasteiger partial charge in [-0.05, 0) is 20.3 Å². The van der Waals surface area contributed by atoms with Crippen LogP contribution in [0.25, 0.3) is 0 Å². The minimum Gasteiger partial charge on any atom is -0.392 e. The van der Waals surface area contributed by atoms with Crippen molar-refractivity contribution in [2.24, 2.45) is 18.2 Å². The van der Waals surface area contributed by atoms with Crippen LogP contribution in [0.2, 0.25) is 0 Å². The van der Waals surface area contributed by atoms with E-state index < -0.39 is 5.41 Å². The van der Waals surface area contributed by atoms with E-state index in [2.05, 4.69) is 15.5 Å². The third kappa shape index (κ3) is 2.66. The molecule has 1 rings (SSSR count). The van der Waals surface area contributed by atoms with Gasteiger partial charge in [-0.1, -0.05) is 19.1 Å². The quantitative estimate of drug-likeness (QED) is 0.768.